The Bertz CT molecular complexity index is 1370. The van der Waals surface area contributed by atoms with E-state index in [-0.39, 0.29) is 24.2 Å². The Morgan fingerprint density at radius 3 is 2.69 bits per heavy atom. The fourth-order valence-corrected chi connectivity index (χ4v) is 4.66. The Morgan fingerprint density at radius 2 is 1.89 bits per heavy atom. The van der Waals surface area contributed by atoms with Crippen molar-refractivity contribution in [2.75, 3.05) is 18.1 Å². The number of carbonyl (C=O) groups excluding carboxylic acids is 1. The molecule has 0 spiro atoms. The van der Waals surface area contributed by atoms with Crippen molar-refractivity contribution in [3.05, 3.63) is 89.5 Å². The predicted molar refractivity (Wildman–Crippen MR) is 133 cm³/mol. The van der Waals surface area contributed by atoms with E-state index in [1.54, 1.807) is 17.0 Å². The van der Waals surface area contributed by atoms with Crippen molar-refractivity contribution in [1.29, 1.82) is 0 Å². The van der Waals surface area contributed by atoms with Gasteiger partial charge in [-0.15, -0.1) is 0 Å². The molecule has 5 rings (SSSR count). The van der Waals surface area contributed by atoms with Gasteiger partial charge in [-0.05, 0) is 67.4 Å². The third kappa shape index (κ3) is 4.77. The minimum atomic E-state index is -0.767. The smallest absolute Gasteiger partial charge is 0.227 e. The van der Waals surface area contributed by atoms with Crippen molar-refractivity contribution in [2.45, 2.75) is 38.8 Å². The van der Waals surface area contributed by atoms with Crippen LogP contribution in [0.2, 0.25) is 0 Å². The Labute approximate surface area is 203 Å². The van der Waals surface area contributed by atoms with E-state index in [4.69, 9.17) is 9.72 Å². The number of aliphatic hydroxyl groups excluding tert-OH is 1. The number of ether oxygens (including phenoxy) is 1. The molecule has 3 aromatic carbocycles. The zero-order chi connectivity index (χ0) is 24.5. The van der Waals surface area contributed by atoms with Crippen LogP contribution in [0, 0.1) is 19.7 Å². The molecule has 1 aromatic heterocycles. The zero-order valence-corrected chi connectivity index (χ0v) is 19.8. The molecule has 1 N–H and O–H groups in total. The number of para-hydroxylation sites is 2. The maximum Gasteiger partial charge on any atom is 0.227 e. The highest BCUT2D eigenvalue weighted by atomic mass is 19.1. The van der Waals surface area contributed by atoms with Crippen molar-refractivity contribution in [3.63, 3.8) is 0 Å². The van der Waals surface area contributed by atoms with Crippen LogP contribution in [0.4, 0.5) is 10.1 Å². The van der Waals surface area contributed by atoms with Crippen LogP contribution in [0.15, 0.2) is 66.7 Å². The molecule has 0 radical (unpaired) electrons. The Morgan fingerprint density at radius 1 is 1.11 bits per heavy atom. The summed E-state index contributed by atoms with van der Waals surface area (Å²) in [4.78, 5) is 19.4. The number of hydrogen-bond acceptors (Lipinski definition) is 4. The second kappa shape index (κ2) is 9.50. The molecule has 6 nitrogen and oxygen atoms in total. The van der Waals surface area contributed by atoms with E-state index in [0.717, 1.165) is 33.7 Å². The average Bonchev–Trinajstić information content (AvgIpc) is 3.41. The number of anilines is 1. The lowest BCUT2D eigenvalue weighted by Gasteiger charge is -2.19. The maximum atomic E-state index is 13.4. The van der Waals surface area contributed by atoms with E-state index in [9.17, 15) is 14.3 Å². The summed E-state index contributed by atoms with van der Waals surface area (Å²) >= 11 is 0. The Hall–Kier alpha value is -3.71. The van der Waals surface area contributed by atoms with Crippen molar-refractivity contribution in [1.82, 2.24) is 9.55 Å². The van der Waals surface area contributed by atoms with Crippen LogP contribution in [-0.2, 0) is 11.3 Å². The van der Waals surface area contributed by atoms with Gasteiger partial charge in [0.05, 0.1) is 17.6 Å². The van der Waals surface area contributed by atoms with Gasteiger partial charge in [0, 0.05) is 24.6 Å². The third-order valence-corrected chi connectivity index (χ3v) is 6.48. The molecule has 1 aliphatic rings. The fraction of sp³-hybridized carbons (Fsp3) is 0.286. The van der Waals surface area contributed by atoms with E-state index in [0.29, 0.717) is 25.2 Å². The SMILES string of the molecule is Cc1ccc(C)c(OCC(O)Cn2c(C3CC(=O)N(c4ccc(F)cc4)C3)nc3ccccc32)c1. The Balaban J connectivity index is 1.38. The first-order valence-corrected chi connectivity index (χ1v) is 11.8. The quantitative estimate of drug-likeness (QED) is 0.421. The highest BCUT2D eigenvalue weighted by Gasteiger charge is 2.35. The molecule has 35 heavy (non-hydrogen) atoms. The zero-order valence-electron chi connectivity index (χ0n) is 19.8. The number of aromatic nitrogens is 2. The van der Waals surface area contributed by atoms with Gasteiger partial charge in [-0.25, -0.2) is 9.37 Å². The minimum Gasteiger partial charge on any atom is -0.491 e. The van der Waals surface area contributed by atoms with Crippen LogP contribution >= 0.6 is 0 Å². The molecular formula is C28H28FN3O3. The largest absolute Gasteiger partial charge is 0.491 e. The molecule has 2 unspecified atom stereocenters. The van der Waals surface area contributed by atoms with Gasteiger partial charge in [-0.3, -0.25) is 4.79 Å². The first-order chi connectivity index (χ1) is 16.9. The number of imidazole rings is 1. The molecule has 4 aromatic rings. The summed E-state index contributed by atoms with van der Waals surface area (Å²) in [6.07, 6.45) is -0.466. The van der Waals surface area contributed by atoms with E-state index in [1.165, 1.54) is 12.1 Å². The summed E-state index contributed by atoms with van der Waals surface area (Å²) in [5, 5.41) is 10.9. The standard InChI is InChI=1S/C28H28FN3O3/c1-18-7-8-19(2)26(13-18)35-17-23(33)16-32-25-6-4-3-5-24(25)30-28(32)20-14-27(34)31(15-20)22-11-9-21(29)10-12-22/h3-13,20,23,33H,14-17H2,1-2H3. The number of aliphatic hydroxyl groups is 1. The Kier molecular flexibility index (Phi) is 6.26. The average molecular weight is 474 g/mol. The van der Waals surface area contributed by atoms with Gasteiger partial charge in [0.15, 0.2) is 0 Å². The number of rotatable bonds is 7. The first kappa shape index (κ1) is 23.1. The number of aryl methyl sites for hydroxylation is 2. The van der Waals surface area contributed by atoms with E-state index in [1.807, 2.05) is 60.9 Å². The molecule has 180 valence electrons. The molecule has 2 heterocycles. The molecular weight excluding hydrogens is 445 g/mol. The molecule has 0 bridgehead atoms. The van der Waals surface area contributed by atoms with Crippen molar-refractivity contribution >= 4 is 22.6 Å². The molecule has 1 aliphatic heterocycles. The molecule has 0 aliphatic carbocycles. The lowest BCUT2D eigenvalue weighted by molar-refractivity contribution is -0.117. The van der Waals surface area contributed by atoms with Gasteiger partial charge in [-0.1, -0.05) is 24.3 Å². The number of halogens is 1. The summed E-state index contributed by atoms with van der Waals surface area (Å²) < 4.78 is 21.3. The van der Waals surface area contributed by atoms with Gasteiger partial charge < -0.3 is 19.3 Å². The maximum absolute atomic E-state index is 13.4. The normalized spacial score (nSPS) is 16.7. The molecule has 7 heteroatoms. The van der Waals surface area contributed by atoms with Crippen molar-refractivity contribution in [3.8, 4) is 5.75 Å². The highest BCUT2D eigenvalue weighted by Crippen LogP contribution is 2.33. The number of fused-ring (bicyclic) bond motifs is 1. The molecule has 2 atom stereocenters. The van der Waals surface area contributed by atoms with Gasteiger partial charge in [0.2, 0.25) is 5.91 Å². The van der Waals surface area contributed by atoms with Crippen molar-refractivity contribution < 1.29 is 19.0 Å². The first-order valence-electron chi connectivity index (χ1n) is 11.8. The molecule has 1 saturated heterocycles. The molecule has 1 fully saturated rings. The summed E-state index contributed by atoms with van der Waals surface area (Å²) in [6, 6.07) is 19.7. The topological polar surface area (TPSA) is 67.6 Å². The monoisotopic (exact) mass is 473 g/mol. The van der Waals surface area contributed by atoms with Crippen LogP contribution in [0.3, 0.4) is 0 Å². The second-order valence-electron chi connectivity index (χ2n) is 9.18. The summed E-state index contributed by atoms with van der Waals surface area (Å²) in [7, 11) is 0. The summed E-state index contributed by atoms with van der Waals surface area (Å²) in [6.45, 7) is 4.86. The van der Waals surface area contributed by atoms with E-state index < -0.39 is 6.10 Å². The number of amides is 1. The minimum absolute atomic E-state index is 0.0287. The van der Waals surface area contributed by atoms with Crippen LogP contribution in [0.1, 0.15) is 29.3 Å². The van der Waals surface area contributed by atoms with Gasteiger partial charge in [0.1, 0.15) is 30.1 Å². The number of hydrogen-bond donors (Lipinski definition) is 1. The number of nitrogens with zero attached hydrogens (tertiary/aromatic N) is 3. The summed E-state index contributed by atoms with van der Waals surface area (Å²) in [5.74, 6) is 1.01. The van der Waals surface area contributed by atoms with E-state index >= 15 is 0 Å². The van der Waals surface area contributed by atoms with Crippen LogP contribution < -0.4 is 9.64 Å². The number of benzene rings is 3. The third-order valence-electron chi connectivity index (χ3n) is 6.48. The highest BCUT2D eigenvalue weighted by molar-refractivity contribution is 5.96. The molecule has 1 amide bonds. The number of carbonyl (C=O) groups is 1. The van der Waals surface area contributed by atoms with E-state index in [2.05, 4.69) is 0 Å². The lowest BCUT2D eigenvalue weighted by Crippen LogP contribution is -2.26. The van der Waals surface area contributed by atoms with Crippen LogP contribution in [0.5, 0.6) is 5.75 Å². The molecule has 0 saturated carbocycles. The van der Waals surface area contributed by atoms with Gasteiger partial charge in [-0.2, -0.15) is 0 Å². The second-order valence-corrected chi connectivity index (χ2v) is 9.18. The predicted octanol–water partition coefficient (Wildman–Crippen LogP) is 4.75. The van der Waals surface area contributed by atoms with Crippen LogP contribution in [-0.4, -0.2) is 39.8 Å². The van der Waals surface area contributed by atoms with Crippen molar-refractivity contribution in [2.24, 2.45) is 0 Å². The van der Waals surface area contributed by atoms with Crippen LogP contribution in [0.25, 0.3) is 11.0 Å². The lowest BCUT2D eigenvalue weighted by atomic mass is 10.1. The van der Waals surface area contributed by atoms with Gasteiger partial charge in [0.25, 0.3) is 0 Å². The summed E-state index contributed by atoms with van der Waals surface area (Å²) in [5.41, 5.74) is 4.50. The van der Waals surface area contributed by atoms with Gasteiger partial charge >= 0.3 is 0 Å². The fourth-order valence-electron chi connectivity index (χ4n) is 4.66.